The highest BCUT2D eigenvalue weighted by molar-refractivity contribution is 5.78. The Morgan fingerprint density at radius 1 is 1.25 bits per heavy atom. The lowest BCUT2D eigenvalue weighted by atomic mass is 10.0. The molecule has 3 rings (SSSR count). The van der Waals surface area contributed by atoms with E-state index in [2.05, 4.69) is 41.6 Å². The molecule has 0 aliphatic carbocycles. The van der Waals surface area contributed by atoms with Gasteiger partial charge in [0, 0.05) is 26.2 Å². The van der Waals surface area contributed by atoms with E-state index >= 15 is 0 Å². The van der Waals surface area contributed by atoms with Crippen LogP contribution in [0, 0.1) is 13.8 Å². The van der Waals surface area contributed by atoms with Gasteiger partial charge >= 0.3 is 0 Å². The molecule has 0 unspecified atom stereocenters. The molecule has 5 nitrogen and oxygen atoms in total. The van der Waals surface area contributed by atoms with Gasteiger partial charge in [-0.1, -0.05) is 19.9 Å². The SMILES string of the molecule is CC.COCC(=O)N1CCC(n2c(C)nc3ccc(C)cc32)CC1. The quantitative estimate of drug-likeness (QED) is 0.865. The molecule has 1 fully saturated rings. The Kier molecular flexibility index (Phi) is 6.37. The Labute approximate surface area is 144 Å². The number of benzene rings is 1. The Morgan fingerprint density at radius 2 is 1.92 bits per heavy atom. The first-order chi connectivity index (χ1) is 11.6. The van der Waals surface area contributed by atoms with E-state index in [9.17, 15) is 4.79 Å². The number of imidazole rings is 1. The first-order valence-electron chi connectivity index (χ1n) is 8.82. The predicted molar refractivity (Wildman–Crippen MR) is 97.3 cm³/mol. The fourth-order valence-electron chi connectivity index (χ4n) is 3.37. The maximum atomic E-state index is 11.9. The summed E-state index contributed by atoms with van der Waals surface area (Å²) < 4.78 is 7.29. The van der Waals surface area contributed by atoms with Gasteiger partial charge in [0.2, 0.25) is 5.91 Å². The van der Waals surface area contributed by atoms with Gasteiger partial charge in [-0.15, -0.1) is 0 Å². The highest BCUT2D eigenvalue weighted by atomic mass is 16.5. The Morgan fingerprint density at radius 3 is 2.54 bits per heavy atom. The third kappa shape index (κ3) is 3.78. The second kappa shape index (κ2) is 8.29. The van der Waals surface area contributed by atoms with Crippen molar-refractivity contribution in [3.05, 3.63) is 29.6 Å². The summed E-state index contributed by atoms with van der Waals surface area (Å²) in [7, 11) is 1.56. The molecule has 0 N–H and O–H groups in total. The molecule has 1 saturated heterocycles. The molecule has 1 aliphatic rings. The molecule has 1 aromatic heterocycles. The first kappa shape index (κ1) is 18.5. The summed E-state index contributed by atoms with van der Waals surface area (Å²) >= 11 is 0. The number of piperidine rings is 1. The highest BCUT2D eigenvalue weighted by Crippen LogP contribution is 2.29. The lowest BCUT2D eigenvalue weighted by molar-refractivity contribution is -0.136. The zero-order valence-corrected chi connectivity index (χ0v) is 15.5. The molecule has 5 heteroatoms. The molecule has 24 heavy (non-hydrogen) atoms. The van der Waals surface area contributed by atoms with Crippen LogP contribution in [-0.4, -0.2) is 47.2 Å². The summed E-state index contributed by atoms with van der Waals surface area (Å²) in [6.45, 7) is 9.93. The van der Waals surface area contributed by atoms with Gasteiger partial charge in [0.15, 0.2) is 0 Å². The van der Waals surface area contributed by atoms with Crippen LogP contribution in [0.5, 0.6) is 0 Å². The van der Waals surface area contributed by atoms with Crippen molar-refractivity contribution in [3.63, 3.8) is 0 Å². The van der Waals surface area contributed by atoms with E-state index in [-0.39, 0.29) is 12.5 Å². The van der Waals surface area contributed by atoms with Gasteiger partial charge in [0.25, 0.3) is 0 Å². The van der Waals surface area contributed by atoms with Gasteiger partial charge < -0.3 is 14.2 Å². The monoisotopic (exact) mass is 331 g/mol. The largest absolute Gasteiger partial charge is 0.375 e. The fourth-order valence-corrected chi connectivity index (χ4v) is 3.37. The highest BCUT2D eigenvalue weighted by Gasteiger charge is 2.25. The van der Waals surface area contributed by atoms with Gasteiger partial charge in [-0.05, 0) is 44.4 Å². The Balaban J connectivity index is 0.00000100. The van der Waals surface area contributed by atoms with Crippen molar-refractivity contribution in [2.45, 2.75) is 46.6 Å². The van der Waals surface area contributed by atoms with Crippen LogP contribution < -0.4 is 0 Å². The summed E-state index contributed by atoms with van der Waals surface area (Å²) in [5.41, 5.74) is 3.52. The van der Waals surface area contributed by atoms with E-state index in [0.29, 0.717) is 6.04 Å². The number of hydrogen-bond acceptors (Lipinski definition) is 3. The van der Waals surface area contributed by atoms with Crippen molar-refractivity contribution in [2.75, 3.05) is 26.8 Å². The van der Waals surface area contributed by atoms with Gasteiger partial charge in [0.1, 0.15) is 12.4 Å². The zero-order chi connectivity index (χ0) is 17.7. The van der Waals surface area contributed by atoms with Crippen molar-refractivity contribution in [1.29, 1.82) is 0 Å². The van der Waals surface area contributed by atoms with Crippen LogP contribution in [0.15, 0.2) is 18.2 Å². The van der Waals surface area contributed by atoms with Gasteiger partial charge in [-0.2, -0.15) is 0 Å². The first-order valence-corrected chi connectivity index (χ1v) is 8.82. The minimum atomic E-state index is 0.0870. The Hall–Kier alpha value is -1.88. The van der Waals surface area contributed by atoms with Crippen molar-refractivity contribution < 1.29 is 9.53 Å². The molecule has 2 heterocycles. The van der Waals surface area contributed by atoms with Crippen molar-refractivity contribution in [3.8, 4) is 0 Å². The smallest absolute Gasteiger partial charge is 0.248 e. The third-order valence-electron chi connectivity index (χ3n) is 4.47. The van der Waals surface area contributed by atoms with Gasteiger partial charge in [-0.25, -0.2) is 4.98 Å². The average molecular weight is 331 g/mol. The summed E-state index contributed by atoms with van der Waals surface area (Å²) in [5, 5.41) is 0. The van der Waals surface area contributed by atoms with Crippen LogP contribution >= 0.6 is 0 Å². The van der Waals surface area contributed by atoms with Crippen LogP contribution in [0.2, 0.25) is 0 Å². The molecule has 1 aromatic carbocycles. The molecular weight excluding hydrogens is 302 g/mol. The number of fused-ring (bicyclic) bond motifs is 1. The average Bonchev–Trinajstić information content (AvgIpc) is 2.92. The topological polar surface area (TPSA) is 47.4 Å². The number of likely N-dealkylation sites (tertiary alicyclic amines) is 1. The molecule has 2 aromatic rings. The maximum Gasteiger partial charge on any atom is 0.248 e. The minimum absolute atomic E-state index is 0.0870. The predicted octanol–water partition coefficient (Wildman–Crippen LogP) is 3.49. The van der Waals surface area contributed by atoms with Crippen LogP contribution in [0.1, 0.15) is 44.1 Å². The normalized spacial score (nSPS) is 15.3. The zero-order valence-electron chi connectivity index (χ0n) is 15.5. The van der Waals surface area contributed by atoms with Crippen molar-refractivity contribution in [2.24, 2.45) is 0 Å². The lowest BCUT2D eigenvalue weighted by Gasteiger charge is -2.33. The van der Waals surface area contributed by atoms with E-state index < -0.39 is 0 Å². The number of amides is 1. The third-order valence-corrected chi connectivity index (χ3v) is 4.47. The second-order valence-corrected chi connectivity index (χ2v) is 6.07. The van der Waals surface area contributed by atoms with Crippen LogP contribution in [0.3, 0.4) is 0 Å². The van der Waals surface area contributed by atoms with E-state index in [1.54, 1.807) is 7.11 Å². The number of ether oxygens (including phenoxy) is 1. The molecule has 0 saturated carbocycles. The van der Waals surface area contributed by atoms with E-state index in [4.69, 9.17) is 4.74 Å². The number of methoxy groups -OCH3 is 1. The number of aryl methyl sites for hydroxylation is 2. The number of rotatable bonds is 3. The summed E-state index contributed by atoms with van der Waals surface area (Å²) in [6, 6.07) is 6.81. The molecule has 132 valence electrons. The van der Waals surface area contributed by atoms with Crippen molar-refractivity contribution >= 4 is 16.9 Å². The number of aromatic nitrogens is 2. The fraction of sp³-hybridized carbons (Fsp3) is 0.579. The second-order valence-electron chi connectivity index (χ2n) is 6.07. The molecule has 0 spiro atoms. The van der Waals surface area contributed by atoms with Crippen molar-refractivity contribution in [1.82, 2.24) is 14.5 Å². The molecule has 1 aliphatic heterocycles. The summed E-state index contributed by atoms with van der Waals surface area (Å²) in [6.07, 6.45) is 1.94. The van der Waals surface area contributed by atoms with Crippen LogP contribution in [-0.2, 0) is 9.53 Å². The number of hydrogen-bond donors (Lipinski definition) is 0. The molecule has 0 radical (unpaired) electrons. The molecule has 0 bridgehead atoms. The van der Waals surface area contributed by atoms with Crippen LogP contribution in [0.25, 0.3) is 11.0 Å². The van der Waals surface area contributed by atoms with E-state index in [1.165, 1.54) is 11.1 Å². The number of carbonyl (C=O) groups excluding carboxylic acids is 1. The summed E-state index contributed by atoms with van der Waals surface area (Å²) in [5.74, 6) is 1.14. The van der Waals surface area contributed by atoms with Crippen LogP contribution in [0.4, 0.5) is 0 Å². The van der Waals surface area contributed by atoms with E-state index in [1.807, 2.05) is 18.7 Å². The lowest BCUT2D eigenvalue weighted by Crippen LogP contribution is -2.40. The maximum absolute atomic E-state index is 11.9. The number of carbonyl (C=O) groups is 1. The summed E-state index contributed by atoms with van der Waals surface area (Å²) in [4.78, 5) is 18.5. The van der Waals surface area contributed by atoms with E-state index in [0.717, 1.165) is 37.3 Å². The number of nitrogens with zero attached hydrogens (tertiary/aromatic N) is 3. The minimum Gasteiger partial charge on any atom is -0.375 e. The Bertz CT molecular complexity index is 685. The molecular formula is C19H29N3O2. The molecule has 0 atom stereocenters. The van der Waals surface area contributed by atoms with Gasteiger partial charge in [0.05, 0.1) is 11.0 Å². The standard InChI is InChI=1S/C17H23N3O2.C2H6/c1-12-4-5-15-16(10-12)20(13(2)18-15)14-6-8-19(9-7-14)17(21)11-22-3;1-2/h4-5,10,14H,6-9,11H2,1-3H3;1-2H3. The van der Waals surface area contributed by atoms with Gasteiger partial charge in [-0.3, -0.25) is 4.79 Å². The molecule has 1 amide bonds.